The van der Waals surface area contributed by atoms with Crippen molar-refractivity contribution in [2.75, 3.05) is 0 Å². The number of pyridine rings is 1. The Kier molecular flexibility index (Phi) is 2.96. The summed E-state index contributed by atoms with van der Waals surface area (Å²) in [4.78, 5) is 3.91. The number of rotatable bonds is 3. The predicted octanol–water partition coefficient (Wildman–Crippen LogP) is 2.78. The third kappa shape index (κ3) is 3.96. The van der Waals surface area contributed by atoms with Gasteiger partial charge >= 0.3 is 6.98 Å². The SMILES string of the molecule is Cc1cc(CC[B-](F)(F)F)ccn1. The summed E-state index contributed by atoms with van der Waals surface area (Å²) >= 11 is 0. The van der Waals surface area contributed by atoms with Gasteiger partial charge in [0.25, 0.3) is 0 Å². The largest absolute Gasteiger partial charge is 0.478 e. The number of hydrogen-bond acceptors (Lipinski definition) is 1. The van der Waals surface area contributed by atoms with Gasteiger partial charge in [-0.1, -0.05) is 12.7 Å². The molecule has 0 bridgehead atoms. The van der Waals surface area contributed by atoms with Crippen molar-refractivity contribution in [2.24, 2.45) is 0 Å². The molecule has 1 rings (SSSR count). The van der Waals surface area contributed by atoms with E-state index in [1.165, 1.54) is 6.20 Å². The number of aryl methyl sites for hydroxylation is 2. The molecule has 13 heavy (non-hydrogen) atoms. The van der Waals surface area contributed by atoms with Gasteiger partial charge in [0.15, 0.2) is 0 Å². The highest BCUT2D eigenvalue weighted by Gasteiger charge is 2.21. The first-order valence-corrected chi connectivity index (χ1v) is 4.10. The standard InChI is InChI=1S/C8H10BF3N/c1-7-6-8(3-5-13-7)2-4-9(10,11)12/h3,5-6H,2,4H2,1H3/q-1. The maximum atomic E-state index is 11.9. The minimum Gasteiger partial charge on any atom is -0.449 e. The van der Waals surface area contributed by atoms with Crippen molar-refractivity contribution >= 4 is 6.98 Å². The molecule has 0 radical (unpaired) electrons. The maximum absolute atomic E-state index is 11.9. The molecular weight excluding hydrogens is 178 g/mol. The number of halogens is 3. The summed E-state index contributed by atoms with van der Waals surface area (Å²) in [7, 11) is 0. The molecule has 0 aromatic carbocycles. The molecule has 0 amide bonds. The Hall–Kier alpha value is -0.995. The molecule has 0 spiro atoms. The smallest absolute Gasteiger partial charge is 0.449 e. The molecule has 5 heteroatoms. The Balaban J connectivity index is 2.55. The fourth-order valence-electron chi connectivity index (χ4n) is 1.09. The molecule has 1 aromatic heterocycles. The molecule has 0 aliphatic carbocycles. The van der Waals surface area contributed by atoms with Gasteiger partial charge in [-0.05, 0) is 24.6 Å². The Morgan fingerprint density at radius 1 is 1.38 bits per heavy atom. The molecular formula is C8H10BF3N-. The number of nitrogens with zero attached hydrogens (tertiary/aromatic N) is 1. The molecule has 0 atom stereocenters. The Morgan fingerprint density at radius 3 is 2.62 bits per heavy atom. The van der Waals surface area contributed by atoms with Gasteiger partial charge in [0, 0.05) is 11.9 Å². The van der Waals surface area contributed by atoms with Gasteiger partial charge in [0.05, 0.1) is 0 Å². The monoisotopic (exact) mass is 188 g/mol. The van der Waals surface area contributed by atoms with Crippen LogP contribution in [-0.2, 0) is 6.42 Å². The van der Waals surface area contributed by atoms with Gasteiger partial charge in [-0.3, -0.25) is 4.98 Å². The van der Waals surface area contributed by atoms with Crippen molar-refractivity contribution < 1.29 is 12.9 Å². The molecule has 1 heterocycles. The van der Waals surface area contributed by atoms with Gasteiger partial charge < -0.3 is 12.9 Å². The van der Waals surface area contributed by atoms with Crippen molar-refractivity contribution in [3.05, 3.63) is 29.6 Å². The van der Waals surface area contributed by atoms with Gasteiger partial charge in [0.2, 0.25) is 0 Å². The fraction of sp³-hybridized carbons (Fsp3) is 0.375. The van der Waals surface area contributed by atoms with Crippen LogP contribution < -0.4 is 0 Å². The minimum atomic E-state index is -4.66. The highest BCUT2D eigenvalue weighted by Crippen LogP contribution is 2.18. The summed E-state index contributed by atoms with van der Waals surface area (Å²) in [6.45, 7) is -2.89. The fourth-order valence-corrected chi connectivity index (χ4v) is 1.09. The van der Waals surface area contributed by atoms with Crippen LogP contribution in [0.5, 0.6) is 0 Å². The lowest BCUT2D eigenvalue weighted by Gasteiger charge is -2.12. The van der Waals surface area contributed by atoms with E-state index in [9.17, 15) is 12.9 Å². The van der Waals surface area contributed by atoms with Crippen LogP contribution in [0.15, 0.2) is 18.3 Å². The highest BCUT2D eigenvalue weighted by atomic mass is 19.4. The van der Waals surface area contributed by atoms with E-state index in [2.05, 4.69) is 4.98 Å². The van der Waals surface area contributed by atoms with Crippen LogP contribution in [0.4, 0.5) is 12.9 Å². The van der Waals surface area contributed by atoms with E-state index >= 15 is 0 Å². The lowest BCUT2D eigenvalue weighted by atomic mass is 9.83. The van der Waals surface area contributed by atoms with Crippen molar-refractivity contribution in [2.45, 2.75) is 19.7 Å². The van der Waals surface area contributed by atoms with E-state index in [1.807, 2.05) is 0 Å². The zero-order valence-corrected chi connectivity index (χ0v) is 7.30. The Labute approximate surface area is 75.0 Å². The topological polar surface area (TPSA) is 12.9 Å². The second-order valence-electron chi connectivity index (χ2n) is 3.05. The molecule has 1 aromatic rings. The van der Waals surface area contributed by atoms with Crippen LogP contribution in [0, 0.1) is 6.92 Å². The molecule has 0 aliphatic heterocycles. The molecule has 72 valence electrons. The van der Waals surface area contributed by atoms with Crippen LogP contribution in [0.3, 0.4) is 0 Å². The first-order chi connectivity index (χ1) is 5.97. The number of aromatic nitrogens is 1. The lowest BCUT2D eigenvalue weighted by Crippen LogP contribution is -2.15. The second-order valence-corrected chi connectivity index (χ2v) is 3.05. The van der Waals surface area contributed by atoms with Crippen molar-refractivity contribution in [1.82, 2.24) is 4.98 Å². The zero-order chi connectivity index (χ0) is 9.90. The first kappa shape index (κ1) is 10.1. The van der Waals surface area contributed by atoms with E-state index in [4.69, 9.17) is 0 Å². The molecule has 0 unspecified atom stereocenters. The van der Waals surface area contributed by atoms with E-state index in [-0.39, 0.29) is 6.42 Å². The lowest BCUT2D eigenvalue weighted by molar-refractivity contribution is 0.467. The van der Waals surface area contributed by atoms with Crippen LogP contribution in [0.25, 0.3) is 0 Å². The second kappa shape index (κ2) is 3.81. The molecule has 0 saturated carbocycles. The van der Waals surface area contributed by atoms with Gasteiger partial charge in [-0.25, -0.2) is 0 Å². The Bertz CT molecular complexity index is 285. The van der Waals surface area contributed by atoms with Crippen LogP contribution >= 0.6 is 0 Å². The third-order valence-corrected chi connectivity index (χ3v) is 1.72. The van der Waals surface area contributed by atoms with Crippen LogP contribution in [0.1, 0.15) is 11.3 Å². The zero-order valence-electron chi connectivity index (χ0n) is 7.30. The molecule has 0 fully saturated rings. The van der Waals surface area contributed by atoms with Crippen molar-refractivity contribution in [1.29, 1.82) is 0 Å². The average Bonchev–Trinajstić information content (AvgIpc) is 2.00. The van der Waals surface area contributed by atoms with Crippen LogP contribution in [0.2, 0.25) is 6.32 Å². The quantitative estimate of drug-likeness (QED) is 0.664. The molecule has 1 nitrogen and oxygen atoms in total. The number of hydrogen-bond donors (Lipinski definition) is 0. The average molecular weight is 188 g/mol. The third-order valence-electron chi connectivity index (χ3n) is 1.72. The highest BCUT2D eigenvalue weighted by molar-refractivity contribution is 6.58. The summed E-state index contributed by atoms with van der Waals surface area (Å²) < 4.78 is 35.7. The summed E-state index contributed by atoms with van der Waals surface area (Å²) in [5, 5.41) is 0. The van der Waals surface area contributed by atoms with Crippen LogP contribution in [-0.4, -0.2) is 12.0 Å². The maximum Gasteiger partial charge on any atom is 0.478 e. The predicted molar refractivity (Wildman–Crippen MR) is 46.6 cm³/mol. The normalized spacial score (nSPS) is 11.7. The molecule has 0 N–H and O–H groups in total. The van der Waals surface area contributed by atoms with Crippen molar-refractivity contribution in [3.8, 4) is 0 Å². The van der Waals surface area contributed by atoms with Crippen molar-refractivity contribution in [3.63, 3.8) is 0 Å². The van der Waals surface area contributed by atoms with Gasteiger partial charge in [0.1, 0.15) is 0 Å². The summed E-state index contributed by atoms with van der Waals surface area (Å²) in [5.41, 5.74) is 1.46. The minimum absolute atomic E-state index is 0.0624. The summed E-state index contributed by atoms with van der Waals surface area (Å²) in [5.74, 6) is 0. The van der Waals surface area contributed by atoms with Gasteiger partial charge in [-0.15, -0.1) is 0 Å². The van der Waals surface area contributed by atoms with Gasteiger partial charge in [-0.2, -0.15) is 0 Å². The van der Waals surface area contributed by atoms with E-state index in [0.717, 1.165) is 5.69 Å². The Morgan fingerprint density at radius 2 is 2.08 bits per heavy atom. The molecule has 0 aliphatic rings. The van der Waals surface area contributed by atoms with E-state index < -0.39 is 13.3 Å². The molecule has 0 saturated heterocycles. The first-order valence-electron chi connectivity index (χ1n) is 4.10. The summed E-state index contributed by atoms with van der Waals surface area (Å²) in [6.07, 6.45) is 0.893. The van der Waals surface area contributed by atoms with E-state index in [0.29, 0.717) is 5.56 Å². The summed E-state index contributed by atoms with van der Waals surface area (Å²) in [6, 6.07) is 3.30. The van der Waals surface area contributed by atoms with E-state index in [1.54, 1.807) is 19.1 Å².